The van der Waals surface area contributed by atoms with Gasteiger partial charge in [-0.2, -0.15) is 0 Å². The molecule has 0 saturated carbocycles. The molecular formula is C21H18Cl2N2O3. The lowest BCUT2D eigenvalue weighted by Gasteiger charge is -2.32. The van der Waals surface area contributed by atoms with Crippen molar-refractivity contribution in [3.63, 3.8) is 0 Å². The number of hydroxylamine groups is 2. The Kier molecular flexibility index (Phi) is 5.31. The summed E-state index contributed by atoms with van der Waals surface area (Å²) in [6.45, 7) is 0.626. The van der Waals surface area contributed by atoms with Crippen molar-refractivity contribution in [2.24, 2.45) is 0 Å². The zero-order valence-electron chi connectivity index (χ0n) is 14.9. The Morgan fingerprint density at radius 3 is 2.82 bits per heavy atom. The highest BCUT2D eigenvalue weighted by molar-refractivity contribution is 6.34. The summed E-state index contributed by atoms with van der Waals surface area (Å²) in [7, 11) is 0. The van der Waals surface area contributed by atoms with Crippen molar-refractivity contribution in [3.8, 4) is 5.75 Å². The van der Waals surface area contributed by atoms with Gasteiger partial charge in [0.25, 0.3) is 5.91 Å². The summed E-state index contributed by atoms with van der Waals surface area (Å²) in [6, 6.07) is 12.7. The van der Waals surface area contributed by atoms with Crippen LogP contribution < -0.4 is 9.64 Å². The normalized spacial score (nSPS) is 16.2. The first-order valence-corrected chi connectivity index (χ1v) is 9.68. The Morgan fingerprint density at radius 2 is 1.96 bits per heavy atom. The van der Waals surface area contributed by atoms with Gasteiger partial charge < -0.3 is 9.64 Å². The van der Waals surface area contributed by atoms with E-state index < -0.39 is 0 Å². The van der Waals surface area contributed by atoms with Crippen LogP contribution in [0.25, 0.3) is 0 Å². The molecule has 1 N–H and O–H groups in total. The van der Waals surface area contributed by atoms with Gasteiger partial charge >= 0.3 is 0 Å². The van der Waals surface area contributed by atoms with Crippen LogP contribution in [0.2, 0.25) is 10.0 Å². The molecule has 1 amide bonds. The van der Waals surface area contributed by atoms with E-state index in [1.165, 1.54) is 6.20 Å². The number of carbonyl (C=O) groups is 1. The third-order valence-electron chi connectivity index (χ3n) is 4.74. The largest absolute Gasteiger partial charge is 0.455 e. The number of allylic oxidation sites excluding steroid dienone is 1. The quantitative estimate of drug-likeness (QED) is 0.778. The van der Waals surface area contributed by atoms with E-state index in [1.54, 1.807) is 29.2 Å². The maximum Gasteiger partial charge on any atom is 0.259 e. The van der Waals surface area contributed by atoms with Gasteiger partial charge in [-0.25, -0.2) is 0 Å². The number of para-hydroxylation sites is 1. The van der Waals surface area contributed by atoms with Crippen LogP contribution in [-0.2, 0) is 11.2 Å². The second-order valence-corrected chi connectivity index (χ2v) is 7.47. The van der Waals surface area contributed by atoms with E-state index in [9.17, 15) is 10.0 Å². The minimum atomic E-state index is -0.205. The summed E-state index contributed by atoms with van der Waals surface area (Å²) in [5, 5.41) is 11.8. The lowest BCUT2D eigenvalue weighted by molar-refractivity contribution is -0.117. The molecule has 4 rings (SSSR count). The molecule has 0 aliphatic carbocycles. The molecule has 0 saturated heterocycles. The number of fused-ring (bicyclic) bond motifs is 1. The number of carbonyl (C=O) groups excluding carboxylic acids is 1. The lowest BCUT2D eigenvalue weighted by Crippen LogP contribution is -2.40. The summed E-state index contributed by atoms with van der Waals surface area (Å²) in [4.78, 5) is 15.1. The molecule has 2 aromatic rings. The van der Waals surface area contributed by atoms with Crippen molar-refractivity contribution in [1.82, 2.24) is 5.06 Å². The van der Waals surface area contributed by atoms with Crippen LogP contribution in [0.5, 0.6) is 5.75 Å². The molecule has 0 spiro atoms. The number of aryl methyl sites for hydroxylation is 1. The van der Waals surface area contributed by atoms with Crippen molar-refractivity contribution < 1.29 is 14.7 Å². The Labute approximate surface area is 173 Å². The predicted octanol–water partition coefficient (Wildman–Crippen LogP) is 4.82. The molecule has 144 valence electrons. The maximum atomic E-state index is 13.4. The summed E-state index contributed by atoms with van der Waals surface area (Å²) >= 11 is 12.2. The third kappa shape index (κ3) is 3.74. The van der Waals surface area contributed by atoms with Crippen LogP contribution in [0.3, 0.4) is 0 Å². The Morgan fingerprint density at radius 1 is 1.14 bits per heavy atom. The molecule has 0 aromatic heterocycles. The second kappa shape index (κ2) is 7.87. The molecule has 28 heavy (non-hydrogen) atoms. The number of halogens is 2. The number of rotatable bonds is 3. The fourth-order valence-corrected chi connectivity index (χ4v) is 3.72. The molecule has 5 nitrogen and oxygen atoms in total. The Balaban J connectivity index is 1.71. The highest BCUT2D eigenvalue weighted by Gasteiger charge is 2.29. The van der Waals surface area contributed by atoms with Crippen LogP contribution in [-0.4, -0.2) is 29.3 Å². The van der Waals surface area contributed by atoms with Gasteiger partial charge in [0, 0.05) is 29.5 Å². The van der Waals surface area contributed by atoms with Crippen LogP contribution in [0, 0.1) is 0 Å². The van der Waals surface area contributed by atoms with Gasteiger partial charge in [-0.05, 0) is 42.7 Å². The second-order valence-electron chi connectivity index (χ2n) is 6.62. The van der Waals surface area contributed by atoms with E-state index in [4.69, 9.17) is 27.9 Å². The number of hydrogen-bond acceptors (Lipinski definition) is 4. The van der Waals surface area contributed by atoms with Crippen LogP contribution in [0.15, 0.2) is 66.1 Å². The third-order valence-corrected chi connectivity index (χ3v) is 5.29. The van der Waals surface area contributed by atoms with Crippen molar-refractivity contribution in [2.45, 2.75) is 12.8 Å². The molecule has 0 fully saturated rings. The van der Waals surface area contributed by atoms with E-state index in [0.717, 1.165) is 29.2 Å². The average Bonchev–Trinajstić information content (AvgIpc) is 2.71. The first-order valence-electron chi connectivity index (χ1n) is 8.92. The van der Waals surface area contributed by atoms with E-state index >= 15 is 0 Å². The SMILES string of the molecule is O=C(C1=C(Oc2cc(Cl)ccc2Cl)C=CN(O)C1)N1CCCc2ccccc21. The van der Waals surface area contributed by atoms with Crippen molar-refractivity contribution in [3.05, 3.63) is 81.7 Å². The van der Waals surface area contributed by atoms with Crippen molar-refractivity contribution in [2.75, 3.05) is 18.0 Å². The molecular weight excluding hydrogens is 399 g/mol. The zero-order valence-corrected chi connectivity index (χ0v) is 16.5. The molecule has 0 radical (unpaired) electrons. The van der Waals surface area contributed by atoms with Crippen LogP contribution >= 0.6 is 23.2 Å². The molecule has 7 heteroatoms. The molecule has 2 aromatic carbocycles. The zero-order chi connectivity index (χ0) is 19.7. The number of benzene rings is 2. The highest BCUT2D eigenvalue weighted by Crippen LogP contribution is 2.33. The summed E-state index contributed by atoms with van der Waals surface area (Å²) in [6.07, 6.45) is 4.80. The minimum absolute atomic E-state index is 0.0154. The number of anilines is 1. The average molecular weight is 417 g/mol. The predicted molar refractivity (Wildman–Crippen MR) is 109 cm³/mol. The molecule has 2 aliphatic rings. The van der Waals surface area contributed by atoms with Crippen LogP contribution in [0.4, 0.5) is 5.69 Å². The molecule has 0 atom stereocenters. The van der Waals surface area contributed by atoms with E-state index in [2.05, 4.69) is 0 Å². The van der Waals surface area contributed by atoms with Gasteiger partial charge in [0.15, 0.2) is 0 Å². The number of amides is 1. The number of hydrogen-bond donors (Lipinski definition) is 1. The van der Waals surface area contributed by atoms with E-state index in [1.807, 2.05) is 24.3 Å². The number of nitrogens with zero attached hydrogens (tertiary/aromatic N) is 2. The minimum Gasteiger partial charge on any atom is -0.455 e. The van der Waals surface area contributed by atoms with Gasteiger partial charge in [0.05, 0.1) is 17.1 Å². The Hall–Kier alpha value is -2.47. The fourth-order valence-electron chi connectivity index (χ4n) is 3.40. The van der Waals surface area contributed by atoms with Crippen LogP contribution in [0.1, 0.15) is 12.0 Å². The van der Waals surface area contributed by atoms with Crippen molar-refractivity contribution in [1.29, 1.82) is 0 Å². The summed E-state index contributed by atoms with van der Waals surface area (Å²) in [5.74, 6) is 0.482. The summed E-state index contributed by atoms with van der Waals surface area (Å²) in [5.41, 5.74) is 2.37. The topological polar surface area (TPSA) is 53.0 Å². The van der Waals surface area contributed by atoms with Gasteiger partial charge in [0.1, 0.15) is 11.5 Å². The molecule has 0 unspecified atom stereocenters. The monoisotopic (exact) mass is 416 g/mol. The van der Waals surface area contributed by atoms with Crippen molar-refractivity contribution >= 4 is 34.8 Å². The maximum absolute atomic E-state index is 13.4. The highest BCUT2D eigenvalue weighted by atomic mass is 35.5. The van der Waals surface area contributed by atoms with E-state index in [-0.39, 0.29) is 12.5 Å². The fraction of sp³-hybridized carbons (Fsp3) is 0.190. The van der Waals surface area contributed by atoms with E-state index in [0.29, 0.717) is 33.7 Å². The Bertz CT molecular complexity index is 987. The number of ether oxygens (including phenoxy) is 1. The van der Waals surface area contributed by atoms with Gasteiger partial charge in [-0.3, -0.25) is 15.1 Å². The van der Waals surface area contributed by atoms with Gasteiger partial charge in [-0.1, -0.05) is 41.4 Å². The first-order chi connectivity index (χ1) is 13.5. The molecule has 0 bridgehead atoms. The molecule has 2 aliphatic heterocycles. The smallest absolute Gasteiger partial charge is 0.259 e. The molecule has 2 heterocycles. The summed E-state index contributed by atoms with van der Waals surface area (Å²) < 4.78 is 5.92. The standard InChI is InChI=1S/C21H18Cl2N2O3/c22-15-7-8-17(23)20(12-15)28-19-9-11-24(27)13-16(19)21(26)25-10-3-5-14-4-1-2-6-18(14)25/h1-2,4,6-9,11-12,27H,3,5,10,13H2. The lowest BCUT2D eigenvalue weighted by atomic mass is 10.0. The van der Waals surface area contributed by atoms with Gasteiger partial charge in [0.2, 0.25) is 0 Å². The first kappa shape index (κ1) is 18.9. The van der Waals surface area contributed by atoms with Gasteiger partial charge in [-0.15, -0.1) is 0 Å².